The van der Waals surface area contributed by atoms with Crippen LogP contribution in [0.4, 0.5) is 0 Å². The van der Waals surface area contributed by atoms with Gasteiger partial charge in [-0.25, -0.2) is 0 Å². The summed E-state index contributed by atoms with van der Waals surface area (Å²) in [4.78, 5) is 0. The molecule has 0 bridgehead atoms. The van der Waals surface area contributed by atoms with Gasteiger partial charge in [-0.05, 0) is 43.6 Å². The third kappa shape index (κ3) is 1.44. The van der Waals surface area contributed by atoms with Crippen LogP contribution < -0.4 is 5.32 Å². The standard InChI is InChI=1S/C10H19N/c1-10(2)6-8(7-10)9-4-3-5-11-9/h8-9,11H,3-7H2,1-2H3/t9-/m1/s1. The van der Waals surface area contributed by atoms with Crippen molar-refractivity contribution in [1.29, 1.82) is 0 Å². The van der Waals surface area contributed by atoms with Crippen molar-refractivity contribution in [2.45, 2.75) is 45.6 Å². The summed E-state index contributed by atoms with van der Waals surface area (Å²) in [5, 5.41) is 3.60. The molecule has 1 atom stereocenters. The number of hydrogen-bond acceptors (Lipinski definition) is 1. The van der Waals surface area contributed by atoms with Crippen LogP contribution in [0.1, 0.15) is 39.5 Å². The van der Waals surface area contributed by atoms with Gasteiger partial charge in [0.1, 0.15) is 0 Å². The van der Waals surface area contributed by atoms with Gasteiger partial charge in [-0.2, -0.15) is 0 Å². The Balaban J connectivity index is 1.81. The molecule has 0 unspecified atom stereocenters. The van der Waals surface area contributed by atoms with Gasteiger partial charge in [0.25, 0.3) is 0 Å². The van der Waals surface area contributed by atoms with Gasteiger partial charge in [-0.3, -0.25) is 0 Å². The van der Waals surface area contributed by atoms with Crippen LogP contribution in [0.15, 0.2) is 0 Å². The van der Waals surface area contributed by atoms with Gasteiger partial charge in [0.15, 0.2) is 0 Å². The van der Waals surface area contributed by atoms with Crippen molar-refractivity contribution in [3.05, 3.63) is 0 Å². The maximum absolute atomic E-state index is 3.60. The molecule has 0 spiro atoms. The fourth-order valence-electron chi connectivity index (χ4n) is 2.76. The lowest BCUT2D eigenvalue weighted by Gasteiger charge is -2.45. The summed E-state index contributed by atoms with van der Waals surface area (Å²) in [7, 11) is 0. The lowest BCUT2D eigenvalue weighted by molar-refractivity contribution is 0.0703. The second-order valence-electron chi connectivity index (χ2n) is 5.04. The molecule has 1 saturated heterocycles. The van der Waals surface area contributed by atoms with E-state index in [-0.39, 0.29) is 0 Å². The fourth-order valence-corrected chi connectivity index (χ4v) is 2.76. The normalized spacial score (nSPS) is 37.1. The summed E-state index contributed by atoms with van der Waals surface area (Å²) >= 11 is 0. The Labute approximate surface area is 69.6 Å². The molecule has 1 aliphatic carbocycles. The molecule has 0 aromatic rings. The van der Waals surface area contributed by atoms with E-state index in [0.29, 0.717) is 5.41 Å². The molecule has 1 saturated carbocycles. The van der Waals surface area contributed by atoms with E-state index in [0.717, 1.165) is 12.0 Å². The van der Waals surface area contributed by atoms with Crippen LogP contribution in [-0.4, -0.2) is 12.6 Å². The summed E-state index contributed by atoms with van der Waals surface area (Å²) in [5.41, 5.74) is 0.662. The van der Waals surface area contributed by atoms with E-state index in [1.54, 1.807) is 0 Å². The van der Waals surface area contributed by atoms with Crippen LogP contribution in [0.5, 0.6) is 0 Å². The van der Waals surface area contributed by atoms with Crippen molar-refractivity contribution in [3.63, 3.8) is 0 Å². The van der Waals surface area contributed by atoms with Gasteiger partial charge in [0, 0.05) is 6.04 Å². The van der Waals surface area contributed by atoms with Crippen molar-refractivity contribution in [3.8, 4) is 0 Å². The zero-order chi connectivity index (χ0) is 7.90. The van der Waals surface area contributed by atoms with Crippen molar-refractivity contribution in [2.75, 3.05) is 6.54 Å². The highest BCUT2D eigenvalue weighted by molar-refractivity contribution is 4.94. The molecule has 1 heteroatoms. The topological polar surface area (TPSA) is 12.0 Å². The first-order valence-corrected chi connectivity index (χ1v) is 4.91. The molecule has 2 fully saturated rings. The van der Waals surface area contributed by atoms with Crippen molar-refractivity contribution in [2.24, 2.45) is 11.3 Å². The van der Waals surface area contributed by atoms with Crippen LogP contribution >= 0.6 is 0 Å². The van der Waals surface area contributed by atoms with Gasteiger partial charge < -0.3 is 5.32 Å². The van der Waals surface area contributed by atoms with Crippen LogP contribution in [-0.2, 0) is 0 Å². The molecule has 64 valence electrons. The molecule has 2 aliphatic rings. The average Bonchev–Trinajstić information content (AvgIpc) is 2.32. The van der Waals surface area contributed by atoms with Crippen molar-refractivity contribution in [1.82, 2.24) is 5.32 Å². The third-order valence-corrected chi connectivity index (χ3v) is 3.30. The Kier molecular flexibility index (Phi) is 1.71. The Morgan fingerprint density at radius 2 is 2.00 bits per heavy atom. The van der Waals surface area contributed by atoms with E-state index in [4.69, 9.17) is 0 Å². The highest BCUT2D eigenvalue weighted by Gasteiger charge is 2.40. The van der Waals surface area contributed by atoms with Crippen LogP contribution in [0.25, 0.3) is 0 Å². The predicted octanol–water partition coefficient (Wildman–Crippen LogP) is 2.17. The van der Waals surface area contributed by atoms with Crippen molar-refractivity contribution < 1.29 is 0 Å². The SMILES string of the molecule is CC1(C)CC([C@H]2CCCN2)C1. The highest BCUT2D eigenvalue weighted by atomic mass is 14.9. The van der Waals surface area contributed by atoms with E-state index in [2.05, 4.69) is 19.2 Å². The molecule has 0 amide bonds. The Morgan fingerprint density at radius 3 is 2.45 bits per heavy atom. The van der Waals surface area contributed by atoms with Gasteiger partial charge in [-0.1, -0.05) is 13.8 Å². The zero-order valence-electron chi connectivity index (χ0n) is 7.69. The number of rotatable bonds is 1. The molecule has 2 rings (SSSR count). The quantitative estimate of drug-likeness (QED) is 0.609. The first-order valence-electron chi connectivity index (χ1n) is 4.91. The maximum atomic E-state index is 3.60. The fraction of sp³-hybridized carbons (Fsp3) is 1.00. The third-order valence-electron chi connectivity index (χ3n) is 3.30. The van der Waals surface area contributed by atoms with E-state index in [9.17, 15) is 0 Å². The summed E-state index contributed by atoms with van der Waals surface area (Å²) in [6, 6.07) is 0.878. The Bertz CT molecular complexity index is 137. The van der Waals surface area contributed by atoms with Gasteiger partial charge in [0.2, 0.25) is 0 Å². The van der Waals surface area contributed by atoms with Crippen molar-refractivity contribution >= 4 is 0 Å². The van der Waals surface area contributed by atoms with E-state index in [1.807, 2.05) is 0 Å². The molecular formula is C10H19N. The molecule has 1 aliphatic heterocycles. The monoisotopic (exact) mass is 153 g/mol. The summed E-state index contributed by atoms with van der Waals surface area (Å²) in [5.74, 6) is 1.01. The minimum Gasteiger partial charge on any atom is -0.314 e. The summed E-state index contributed by atoms with van der Waals surface area (Å²) in [6.07, 6.45) is 5.73. The molecule has 1 heterocycles. The molecular weight excluding hydrogens is 134 g/mol. The maximum Gasteiger partial charge on any atom is 0.00961 e. The zero-order valence-corrected chi connectivity index (χ0v) is 7.69. The molecule has 0 aromatic carbocycles. The predicted molar refractivity (Wildman–Crippen MR) is 47.5 cm³/mol. The van der Waals surface area contributed by atoms with E-state index < -0.39 is 0 Å². The van der Waals surface area contributed by atoms with E-state index in [1.165, 1.54) is 32.2 Å². The average molecular weight is 153 g/mol. The second kappa shape index (κ2) is 2.48. The smallest absolute Gasteiger partial charge is 0.00961 e. The van der Waals surface area contributed by atoms with Crippen LogP contribution in [0.2, 0.25) is 0 Å². The lowest BCUT2D eigenvalue weighted by Crippen LogP contribution is -2.43. The minimum absolute atomic E-state index is 0.662. The second-order valence-corrected chi connectivity index (χ2v) is 5.04. The number of nitrogens with one attached hydrogen (secondary N) is 1. The minimum atomic E-state index is 0.662. The van der Waals surface area contributed by atoms with Gasteiger partial charge in [-0.15, -0.1) is 0 Å². The first kappa shape index (κ1) is 7.60. The molecule has 0 aromatic heterocycles. The van der Waals surface area contributed by atoms with E-state index >= 15 is 0 Å². The molecule has 1 N–H and O–H groups in total. The summed E-state index contributed by atoms with van der Waals surface area (Å²) in [6.45, 7) is 6.04. The largest absolute Gasteiger partial charge is 0.314 e. The van der Waals surface area contributed by atoms with Crippen LogP contribution in [0, 0.1) is 11.3 Å². The van der Waals surface area contributed by atoms with Crippen LogP contribution in [0.3, 0.4) is 0 Å². The highest BCUT2D eigenvalue weighted by Crippen LogP contribution is 2.47. The summed E-state index contributed by atoms with van der Waals surface area (Å²) < 4.78 is 0. The first-order chi connectivity index (χ1) is 5.17. The van der Waals surface area contributed by atoms with Gasteiger partial charge >= 0.3 is 0 Å². The molecule has 1 nitrogen and oxygen atoms in total. The Hall–Kier alpha value is -0.0400. The number of hydrogen-bond donors (Lipinski definition) is 1. The Morgan fingerprint density at radius 1 is 1.27 bits per heavy atom. The molecule has 0 radical (unpaired) electrons. The molecule has 11 heavy (non-hydrogen) atoms. The lowest BCUT2D eigenvalue weighted by atomic mass is 9.62. The van der Waals surface area contributed by atoms with Gasteiger partial charge in [0.05, 0.1) is 0 Å².